The van der Waals surface area contributed by atoms with E-state index in [1.165, 1.54) is 0 Å². The van der Waals surface area contributed by atoms with Crippen molar-refractivity contribution in [1.82, 2.24) is 0 Å². The van der Waals surface area contributed by atoms with Gasteiger partial charge in [-0.05, 0) is 27.7 Å². The lowest BCUT2D eigenvalue weighted by Gasteiger charge is -2.29. The van der Waals surface area contributed by atoms with Crippen molar-refractivity contribution in [3.63, 3.8) is 0 Å². The zero-order valence-electron chi connectivity index (χ0n) is 7.56. The lowest BCUT2D eigenvalue weighted by Crippen LogP contribution is -2.34. The molecule has 0 bridgehead atoms. The van der Waals surface area contributed by atoms with Gasteiger partial charge in [-0.1, -0.05) is 0 Å². The molecule has 0 aliphatic heterocycles. The molecule has 10 heavy (non-hydrogen) atoms. The van der Waals surface area contributed by atoms with Crippen LogP contribution >= 0.6 is 0 Å². The molecular formula is C8H18O2. The van der Waals surface area contributed by atoms with E-state index in [-0.39, 0.29) is 5.60 Å². The average molecular weight is 146 g/mol. The van der Waals surface area contributed by atoms with E-state index in [1.807, 2.05) is 13.8 Å². The Bertz CT molecular complexity index is 100. The summed E-state index contributed by atoms with van der Waals surface area (Å²) in [7, 11) is 1.66. The first-order chi connectivity index (χ1) is 4.27. The van der Waals surface area contributed by atoms with Gasteiger partial charge >= 0.3 is 0 Å². The molecule has 0 aliphatic rings. The molecule has 0 fully saturated rings. The number of hydrogen-bond acceptors (Lipinski definition) is 2. The number of methoxy groups -OCH3 is 1. The van der Waals surface area contributed by atoms with Crippen LogP contribution in [0.1, 0.15) is 34.1 Å². The minimum atomic E-state index is -0.639. The summed E-state index contributed by atoms with van der Waals surface area (Å²) in [4.78, 5) is 0. The van der Waals surface area contributed by atoms with E-state index in [0.29, 0.717) is 6.42 Å². The fraction of sp³-hybridized carbons (Fsp3) is 1.00. The van der Waals surface area contributed by atoms with Gasteiger partial charge in [0.2, 0.25) is 0 Å². The van der Waals surface area contributed by atoms with Crippen molar-refractivity contribution < 1.29 is 9.84 Å². The zero-order valence-corrected chi connectivity index (χ0v) is 7.56. The van der Waals surface area contributed by atoms with E-state index in [1.54, 1.807) is 21.0 Å². The second kappa shape index (κ2) is 2.89. The molecule has 0 unspecified atom stereocenters. The molecule has 2 heteroatoms. The van der Waals surface area contributed by atoms with Crippen molar-refractivity contribution in [1.29, 1.82) is 0 Å². The predicted octanol–water partition coefficient (Wildman–Crippen LogP) is 1.57. The number of hydrogen-bond donors (Lipinski definition) is 1. The highest BCUT2D eigenvalue weighted by Gasteiger charge is 2.25. The molecule has 0 spiro atoms. The van der Waals surface area contributed by atoms with E-state index in [2.05, 4.69) is 0 Å². The fourth-order valence-electron chi connectivity index (χ4n) is 1.11. The van der Waals surface area contributed by atoms with Crippen LogP contribution in [0.3, 0.4) is 0 Å². The number of aliphatic hydroxyl groups is 1. The molecule has 0 atom stereocenters. The molecular weight excluding hydrogens is 128 g/mol. The molecule has 0 saturated carbocycles. The van der Waals surface area contributed by atoms with Crippen molar-refractivity contribution in [3.05, 3.63) is 0 Å². The van der Waals surface area contributed by atoms with Gasteiger partial charge in [0.15, 0.2) is 0 Å². The molecule has 0 aromatic heterocycles. The highest BCUT2D eigenvalue weighted by Crippen LogP contribution is 2.21. The van der Waals surface area contributed by atoms with Gasteiger partial charge in [0.05, 0.1) is 11.2 Å². The van der Waals surface area contributed by atoms with E-state index >= 15 is 0 Å². The molecule has 2 nitrogen and oxygen atoms in total. The maximum Gasteiger partial charge on any atom is 0.0649 e. The summed E-state index contributed by atoms with van der Waals surface area (Å²) in [5.41, 5.74) is -0.863. The molecule has 0 radical (unpaired) electrons. The van der Waals surface area contributed by atoms with E-state index in [4.69, 9.17) is 4.74 Å². The molecule has 0 aliphatic carbocycles. The predicted molar refractivity (Wildman–Crippen MR) is 42.0 cm³/mol. The average Bonchev–Trinajstić information content (AvgIpc) is 1.60. The van der Waals surface area contributed by atoms with E-state index in [9.17, 15) is 5.11 Å². The molecule has 0 amide bonds. The Balaban J connectivity index is 3.89. The Morgan fingerprint density at radius 1 is 1.20 bits per heavy atom. The second-order valence-electron chi connectivity index (χ2n) is 3.95. The number of ether oxygens (including phenoxy) is 1. The van der Waals surface area contributed by atoms with Crippen molar-refractivity contribution in [2.24, 2.45) is 0 Å². The van der Waals surface area contributed by atoms with Gasteiger partial charge in [-0.3, -0.25) is 0 Å². The normalized spacial score (nSPS) is 13.8. The molecule has 0 aromatic rings. The standard InChI is InChI=1S/C8H18O2/c1-7(2,9)6-8(3,4)10-5/h9H,6H2,1-5H3. The minimum absolute atomic E-state index is 0.224. The summed E-state index contributed by atoms with van der Waals surface area (Å²) in [5.74, 6) is 0. The van der Waals surface area contributed by atoms with Crippen LogP contribution in [0.2, 0.25) is 0 Å². The lowest BCUT2D eigenvalue weighted by molar-refractivity contribution is -0.0503. The van der Waals surface area contributed by atoms with Crippen LogP contribution in [0.4, 0.5) is 0 Å². The van der Waals surface area contributed by atoms with Crippen molar-refractivity contribution in [2.45, 2.75) is 45.3 Å². The van der Waals surface area contributed by atoms with Gasteiger partial charge in [0.1, 0.15) is 0 Å². The van der Waals surface area contributed by atoms with Gasteiger partial charge in [0.25, 0.3) is 0 Å². The zero-order chi connectivity index (χ0) is 8.41. The second-order valence-corrected chi connectivity index (χ2v) is 3.95. The van der Waals surface area contributed by atoms with Gasteiger partial charge < -0.3 is 9.84 Å². The first kappa shape index (κ1) is 9.92. The quantitative estimate of drug-likeness (QED) is 0.655. The summed E-state index contributed by atoms with van der Waals surface area (Å²) in [6.07, 6.45) is 0.649. The van der Waals surface area contributed by atoms with Crippen LogP contribution in [-0.2, 0) is 4.74 Å². The Morgan fingerprint density at radius 2 is 1.60 bits per heavy atom. The van der Waals surface area contributed by atoms with Crippen LogP contribution in [-0.4, -0.2) is 23.4 Å². The monoisotopic (exact) mass is 146 g/mol. The van der Waals surface area contributed by atoms with Gasteiger partial charge in [0, 0.05) is 13.5 Å². The lowest BCUT2D eigenvalue weighted by atomic mass is 9.92. The van der Waals surface area contributed by atoms with Gasteiger partial charge in [-0.2, -0.15) is 0 Å². The van der Waals surface area contributed by atoms with Crippen LogP contribution in [0.5, 0.6) is 0 Å². The molecule has 1 N–H and O–H groups in total. The summed E-state index contributed by atoms with van der Waals surface area (Å²) in [6.45, 7) is 7.50. The van der Waals surface area contributed by atoms with Crippen LogP contribution in [0.25, 0.3) is 0 Å². The molecule has 0 saturated heterocycles. The maximum absolute atomic E-state index is 9.40. The summed E-state index contributed by atoms with van der Waals surface area (Å²) < 4.78 is 5.15. The highest BCUT2D eigenvalue weighted by atomic mass is 16.5. The van der Waals surface area contributed by atoms with Crippen LogP contribution in [0.15, 0.2) is 0 Å². The molecule has 0 heterocycles. The van der Waals surface area contributed by atoms with Gasteiger partial charge in [-0.25, -0.2) is 0 Å². The van der Waals surface area contributed by atoms with Gasteiger partial charge in [-0.15, -0.1) is 0 Å². The Morgan fingerprint density at radius 3 is 1.70 bits per heavy atom. The number of rotatable bonds is 3. The largest absolute Gasteiger partial charge is 0.390 e. The Hall–Kier alpha value is -0.0800. The molecule has 0 aromatic carbocycles. The van der Waals surface area contributed by atoms with Crippen molar-refractivity contribution in [3.8, 4) is 0 Å². The molecule has 62 valence electrons. The maximum atomic E-state index is 9.40. The van der Waals surface area contributed by atoms with Crippen LogP contribution < -0.4 is 0 Å². The smallest absolute Gasteiger partial charge is 0.0649 e. The first-order valence-electron chi connectivity index (χ1n) is 3.54. The highest BCUT2D eigenvalue weighted by molar-refractivity contribution is 4.78. The topological polar surface area (TPSA) is 29.5 Å². The minimum Gasteiger partial charge on any atom is -0.390 e. The third-order valence-corrected chi connectivity index (χ3v) is 1.41. The van der Waals surface area contributed by atoms with E-state index < -0.39 is 5.60 Å². The SMILES string of the molecule is COC(C)(C)CC(C)(C)O. The van der Waals surface area contributed by atoms with Crippen molar-refractivity contribution in [2.75, 3.05) is 7.11 Å². The van der Waals surface area contributed by atoms with Crippen molar-refractivity contribution >= 4 is 0 Å². The summed E-state index contributed by atoms with van der Waals surface area (Å²) >= 11 is 0. The summed E-state index contributed by atoms with van der Waals surface area (Å²) in [5, 5.41) is 9.40. The van der Waals surface area contributed by atoms with Crippen LogP contribution in [0, 0.1) is 0 Å². The summed E-state index contributed by atoms with van der Waals surface area (Å²) in [6, 6.07) is 0. The fourth-order valence-corrected chi connectivity index (χ4v) is 1.11. The first-order valence-corrected chi connectivity index (χ1v) is 3.54. The van der Waals surface area contributed by atoms with E-state index in [0.717, 1.165) is 0 Å². The Kier molecular flexibility index (Phi) is 2.86. The third-order valence-electron chi connectivity index (χ3n) is 1.41. The molecule has 0 rings (SSSR count). The third kappa shape index (κ3) is 4.77. The Labute approximate surface area is 63.2 Å².